The molecule has 2 rings (SSSR count). The normalized spacial score (nSPS) is 18.8. The summed E-state index contributed by atoms with van der Waals surface area (Å²) in [7, 11) is 0. The standard InChI is InChI=1S/C21H33NO2S/c1-15-12-16(2)19(17(3)13-15)14-25-18-8-7-10-22(11-9-18)20(23)24-21(4,5)6/h12-13,18H,7-11,14H2,1-6H3/t18-/m1/s1. The molecule has 0 bridgehead atoms. The van der Waals surface area contributed by atoms with Gasteiger partial charge in [-0.1, -0.05) is 17.7 Å². The van der Waals surface area contributed by atoms with Crippen LogP contribution >= 0.6 is 11.8 Å². The van der Waals surface area contributed by atoms with E-state index in [-0.39, 0.29) is 6.09 Å². The summed E-state index contributed by atoms with van der Waals surface area (Å²) in [6.07, 6.45) is 3.12. The number of carbonyl (C=O) groups excluding carboxylic acids is 1. The Kier molecular flexibility index (Phi) is 6.84. The van der Waals surface area contributed by atoms with Gasteiger partial charge in [0.25, 0.3) is 0 Å². The third-order valence-corrected chi connectivity index (χ3v) is 6.03. The number of ether oxygens (including phenoxy) is 1. The van der Waals surface area contributed by atoms with Crippen LogP contribution in [0, 0.1) is 20.8 Å². The van der Waals surface area contributed by atoms with Gasteiger partial charge in [-0.25, -0.2) is 4.79 Å². The Morgan fingerprint density at radius 1 is 1.16 bits per heavy atom. The maximum absolute atomic E-state index is 12.3. The predicted molar refractivity (Wildman–Crippen MR) is 107 cm³/mol. The zero-order valence-electron chi connectivity index (χ0n) is 16.6. The molecule has 1 aromatic rings. The van der Waals surface area contributed by atoms with Crippen molar-refractivity contribution in [3.63, 3.8) is 0 Å². The van der Waals surface area contributed by atoms with E-state index in [2.05, 4.69) is 32.9 Å². The zero-order chi connectivity index (χ0) is 18.6. The number of thioether (sulfide) groups is 1. The van der Waals surface area contributed by atoms with Crippen LogP contribution < -0.4 is 0 Å². The van der Waals surface area contributed by atoms with E-state index in [4.69, 9.17) is 4.74 Å². The third kappa shape index (κ3) is 6.25. The molecule has 0 N–H and O–H groups in total. The minimum Gasteiger partial charge on any atom is -0.444 e. The minimum atomic E-state index is -0.419. The van der Waals surface area contributed by atoms with Crippen LogP contribution in [0.1, 0.15) is 62.3 Å². The highest BCUT2D eigenvalue weighted by Crippen LogP contribution is 2.30. The predicted octanol–water partition coefficient (Wildman–Crippen LogP) is 5.63. The zero-order valence-corrected chi connectivity index (χ0v) is 17.5. The number of rotatable bonds is 3. The smallest absolute Gasteiger partial charge is 0.410 e. The molecular weight excluding hydrogens is 330 g/mol. The molecule has 1 aliphatic rings. The molecule has 0 aliphatic carbocycles. The first kappa shape index (κ1) is 20.2. The van der Waals surface area contributed by atoms with Crippen LogP contribution in [0.25, 0.3) is 0 Å². The fraction of sp³-hybridized carbons (Fsp3) is 0.667. The summed E-state index contributed by atoms with van der Waals surface area (Å²) >= 11 is 2.05. The number of hydrogen-bond acceptors (Lipinski definition) is 3. The fourth-order valence-electron chi connectivity index (χ4n) is 3.38. The first-order valence-corrected chi connectivity index (χ1v) is 10.4. The highest BCUT2D eigenvalue weighted by atomic mass is 32.2. The molecule has 1 amide bonds. The van der Waals surface area contributed by atoms with Crippen molar-refractivity contribution in [1.82, 2.24) is 4.90 Å². The Labute approximate surface area is 157 Å². The molecule has 0 spiro atoms. The van der Waals surface area contributed by atoms with Gasteiger partial charge in [0.15, 0.2) is 0 Å². The maximum Gasteiger partial charge on any atom is 0.410 e. The maximum atomic E-state index is 12.3. The van der Waals surface area contributed by atoms with Gasteiger partial charge in [0, 0.05) is 24.1 Å². The highest BCUT2D eigenvalue weighted by Gasteiger charge is 2.25. The van der Waals surface area contributed by atoms with Gasteiger partial charge in [-0.2, -0.15) is 11.8 Å². The monoisotopic (exact) mass is 363 g/mol. The van der Waals surface area contributed by atoms with Crippen molar-refractivity contribution >= 4 is 17.9 Å². The van der Waals surface area contributed by atoms with Crippen LogP contribution in [0.4, 0.5) is 4.79 Å². The molecule has 0 aromatic heterocycles. The summed E-state index contributed by atoms with van der Waals surface area (Å²) in [5.74, 6) is 1.06. The summed E-state index contributed by atoms with van der Waals surface area (Å²) < 4.78 is 5.52. The van der Waals surface area contributed by atoms with Gasteiger partial charge >= 0.3 is 6.09 Å². The van der Waals surface area contributed by atoms with Gasteiger partial charge < -0.3 is 9.64 Å². The lowest BCUT2D eigenvalue weighted by atomic mass is 10.0. The van der Waals surface area contributed by atoms with Crippen LogP contribution in [0.2, 0.25) is 0 Å². The second-order valence-corrected chi connectivity index (χ2v) is 9.50. The first-order valence-electron chi connectivity index (χ1n) is 9.32. The van der Waals surface area contributed by atoms with E-state index in [1.807, 2.05) is 37.4 Å². The number of carbonyl (C=O) groups is 1. The van der Waals surface area contributed by atoms with Gasteiger partial charge in [-0.3, -0.25) is 0 Å². The van der Waals surface area contributed by atoms with Crippen LogP contribution in [-0.2, 0) is 10.5 Å². The molecule has 1 atom stereocenters. The molecule has 1 aliphatic heterocycles. The van der Waals surface area contributed by atoms with Crippen molar-refractivity contribution in [3.05, 3.63) is 34.4 Å². The summed E-state index contributed by atoms with van der Waals surface area (Å²) in [6, 6.07) is 4.56. The van der Waals surface area contributed by atoms with E-state index in [0.29, 0.717) is 5.25 Å². The van der Waals surface area contributed by atoms with Gasteiger partial charge in [0.1, 0.15) is 5.60 Å². The van der Waals surface area contributed by atoms with Gasteiger partial charge in [0.2, 0.25) is 0 Å². The molecule has 1 aromatic carbocycles. The Morgan fingerprint density at radius 2 is 1.80 bits per heavy atom. The fourth-order valence-corrected chi connectivity index (χ4v) is 4.84. The Bertz CT molecular complexity index is 583. The lowest BCUT2D eigenvalue weighted by Crippen LogP contribution is -2.37. The van der Waals surface area contributed by atoms with E-state index in [1.165, 1.54) is 28.7 Å². The second kappa shape index (κ2) is 8.48. The van der Waals surface area contributed by atoms with E-state index in [1.54, 1.807) is 0 Å². The molecule has 0 radical (unpaired) electrons. The molecule has 1 fully saturated rings. The summed E-state index contributed by atoms with van der Waals surface area (Å²) in [5, 5.41) is 0.618. The average molecular weight is 364 g/mol. The number of nitrogens with zero attached hydrogens (tertiary/aromatic N) is 1. The molecule has 0 unspecified atom stereocenters. The molecule has 3 nitrogen and oxygen atoms in total. The number of amides is 1. The van der Waals surface area contributed by atoms with Crippen molar-refractivity contribution in [3.8, 4) is 0 Å². The van der Waals surface area contributed by atoms with Gasteiger partial charge in [-0.15, -0.1) is 0 Å². The van der Waals surface area contributed by atoms with Crippen molar-refractivity contribution in [2.75, 3.05) is 13.1 Å². The summed E-state index contributed by atoms with van der Waals surface area (Å²) in [5.41, 5.74) is 5.19. The van der Waals surface area contributed by atoms with Crippen LogP contribution in [0.5, 0.6) is 0 Å². The summed E-state index contributed by atoms with van der Waals surface area (Å²) in [4.78, 5) is 14.2. The van der Waals surface area contributed by atoms with Crippen molar-refractivity contribution < 1.29 is 9.53 Å². The molecule has 1 saturated heterocycles. The number of hydrogen-bond donors (Lipinski definition) is 0. The van der Waals surface area contributed by atoms with E-state index in [9.17, 15) is 4.79 Å². The lowest BCUT2D eigenvalue weighted by molar-refractivity contribution is 0.0257. The minimum absolute atomic E-state index is 0.164. The van der Waals surface area contributed by atoms with Gasteiger partial charge in [-0.05, 0) is 77.5 Å². The van der Waals surface area contributed by atoms with E-state index >= 15 is 0 Å². The second-order valence-electron chi connectivity index (χ2n) is 8.21. The van der Waals surface area contributed by atoms with Crippen molar-refractivity contribution in [1.29, 1.82) is 0 Å². The van der Waals surface area contributed by atoms with E-state index < -0.39 is 5.60 Å². The lowest BCUT2D eigenvalue weighted by Gasteiger charge is -2.26. The summed E-state index contributed by atoms with van der Waals surface area (Å²) in [6.45, 7) is 14.0. The quantitative estimate of drug-likeness (QED) is 0.696. The van der Waals surface area contributed by atoms with Crippen LogP contribution in [0.15, 0.2) is 12.1 Å². The van der Waals surface area contributed by atoms with Crippen molar-refractivity contribution in [2.24, 2.45) is 0 Å². The largest absolute Gasteiger partial charge is 0.444 e. The molecule has 1 heterocycles. The number of likely N-dealkylation sites (tertiary alicyclic amines) is 1. The molecule has 140 valence electrons. The molecule has 0 saturated carbocycles. The first-order chi connectivity index (χ1) is 11.7. The number of benzene rings is 1. The average Bonchev–Trinajstić information content (AvgIpc) is 2.70. The Morgan fingerprint density at radius 3 is 2.40 bits per heavy atom. The number of aryl methyl sites for hydroxylation is 3. The Balaban J connectivity index is 1.88. The van der Waals surface area contributed by atoms with Gasteiger partial charge in [0.05, 0.1) is 0 Å². The van der Waals surface area contributed by atoms with Crippen LogP contribution in [-0.4, -0.2) is 34.9 Å². The van der Waals surface area contributed by atoms with E-state index in [0.717, 1.165) is 31.7 Å². The SMILES string of the molecule is Cc1cc(C)c(CS[C@@H]2CCCN(C(=O)OC(C)(C)C)CC2)c(C)c1. The molecule has 25 heavy (non-hydrogen) atoms. The highest BCUT2D eigenvalue weighted by molar-refractivity contribution is 7.99. The van der Waals surface area contributed by atoms with Crippen molar-refractivity contribution in [2.45, 2.75) is 77.4 Å². The third-order valence-electron chi connectivity index (χ3n) is 4.63. The van der Waals surface area contributed by atoms with Crippen LogP contribution in [0.3, 0.4) is 0 Å². The molecular formula is C21H33NO2S. The molecule has 4 heteroatoms. The topological polar surface area (TPSA) is 29.5 Å². The Hall–Kier alpha value is -1.16.